The van der Waals surface area contributed by atoms with Crippen LogP contribution >= 0.6 is 0 Å². The minimum atomic E-state index is -3.85. The summed E-state index contributed by atoms with van der Waals surface area (Å²) in [5.41, 5.74) is 0.649. The summed E-state index contributed by atoms with van der Waals surface area (Å²) in [6.07, 6.45) is 1.46. The first-order valence-corrected chi connectivity index (χ1v) is 8.25. The van der Waals surface area contributed by atoms with Crippen LogP contribution in [-0.2, 0) is 19.6 Å². The van der Waals surface area contributed by atoms with E-state index >= 15 is 0 Å². The van der Waals surface area contributed by atoms with Crippen molar-refractivity contribution in [3.63, 3.8) is 0 Å². The minimum Gasteiger partial charge on any atom is -0.469 e. The second kappa shape index (κ2) is 6.01. The number of esters is 1. The summed E-state index contributed by atoms with van der Waals surface area (Å²) in [6.45, 7) is 1.74. The van der Waals surface area contributed by atoms with Gasteiger partial charge >= 0.3 is 5.97 Å². The van der Waals surface area contributed by atoms with E-state index < -0.39 is 33.0 Å². The molecule has 5 nitrogen and oxygen atoms in total. The molecule has 0 radical (unpaired) electrons. The third-order valence-corrected chi connectivity index (χ3v) is 5.59. The predicted molar refractivity (Wildman–Crippen MR) is 76.8 cm³/mol. The molecule has 0 saturated heterocycles. The Bertz CT molecular complexity index is 644. The molecule has 1 N–H and O–H groups in total. The average molecular weight is 315 g/mol. The van der Waals surface area contributed by atoms with Gasteiger partial charge in [-0.2, -0.15) is 0 Å². The lowest BCUT2D eigenvalue weighted by atomic mass is 10.1. The number of hydrogen-bond donors (Lipinski definition) is 1. The number of sulfonamides is 1. The van der Waals surface area contributed by atoms with Crippen LogP contribution in [-0.4, -0.2) is 26.7 Å². The van der Waals surface area contributed by atoms with Gasteiger partial charge in [-0.25, -0.2) is 12.8 Å². The lowest BCUT2D eigenvalue weighted by Crippen LogP contribution is -2.35. The SMILES string of the molecule is COC(=O)C1CCCC1S(=O)(=O)Nc1cc(C)ccc1F. The highest BCUT2D eigenvalue weighted by Crippen LogP contribution is 2.33. The molecule has 0 spiro atoms. The van der Waals surface area contributed by atoms with Crippen molar-refractivity contribution < 1.29 is 22.3 Å². The zero-order valence-electron chi connectivity index (χ0n) is 11.9. The van der Waals surface area contributed by atoms with E-state index in [0.29, 0.717) is 19.3 Å². The molecular formula is C14H18FNO4S. The van der Waals surface area contributed by atoms with Crippen LogP contribution in [0.25, 0.3) is 0 Å². The van der Waals surface area contributed by atoms with Crippen molar-refractivity contribution in [3.05, 3.63) is 29.6 Å². The molecule has 1 aliphatic rings. The van der Waals surface area contributed by atoms with Crippen molar-refractivity contribution in [2.45, 2.75) is 31.4 Å². The fourth-order valence-corrected chi connectivity index (χ4v) is 4.44. The summed E-state index contributed by atoms with van der Waals surface area (Å²) in [6, 6.07) is 4.19. The third kappa shape index (κ3) is 3.34. The highest BCUT2D eigenvalue weighted by atomic mass is 32.2. The van der Waals surface area contributed by atoms with Crippen LogP contribution in [0, 0.1) is 18.7 Å². The molecule has 1 aromatic rings. The molecule has 2 unspecified atom stereocenters. The minimum absolute atomic E-state index is 0.0921. The maximum absolute atomic E-state index is 13.7. The lowest BCUT2D eigenvalue weighted by molar-refractivity contribution is -0.145. The summed E-state index contributed by atoms with van der Waals surface area (Å²) < 4.78 is 45.4. The Labute approximate surface area is 123 Å². The van der Waals surface area contributed by atoms with Gasteiger partial charge in [0, 0.05) is 0 Å². The quantitative estimate of drug-likeness (QED) is 0.865. The summed E-state index contributed by atoms with van der Waals surface area (Å²) in [5.74, 6) is -1.87. The van der Waals surface area contributed by atoms with Crippen molar-refractivity contribution >= 4 is 21.7 Å². The molecule has 2 atom stereocenters. The summed E-state index contributed by atoms with van der Waals surface area (Å²) in [5, 5.41) is -0.884. The molecule has 0 heterocycles. The van der Waals surface area contributed by atoms with Gasteiger partial charge in [-0.15, -0.1) is 0 Å². The smallest absolute Gasteiger partial charge is 0.310 e. The second-order valence-corrected chi connectivity index (χ2v) is 7.13. The zero-order chi connectivity index (χ0) is 15.6. The third-order valence-electron chi connectivity index (χ3n) is 3.73. The van der Waals surface area contributed by atoms with Crippen LogP contribution in [0.1, 0.15) is 24.8 Å². The van der Waals surface area contributed by atoms with E-state index in [1.54, 1.807) is 13.0 Å². The predicted octanol–water partition coefficient (Wildman–Crippen LogP) is 2.22. The molecule has 1 saturated carbocycles. The molecule has 0 aromatic heterocycles. The Morgan fingerprint density at radius 3 is 2.76 bits per heavy atom. The molecular weight excluding hydrogens is 297 g/mol. The van der Waals surface area contributed by atoms with Gasteiger partial charge in [0.1, 0.15) is 5.82 Å². The van der Waals surface area contributed by atoms with Crippen LogP contribution in [0.15, 0.2) is 18.2 Å². The first kappa shape index (κ1) is 15.8. The van der Waals surface area contributed by atoms with Crippen LogP contribution in [0.4, 0.5) is 10.1 Å². The van der Waals surface area contributed by atoms with E-state index in [2.05, 4.69) is 9.46 Å². The lowest BCUT2D eigenvalue weighted by Gasteiger charge is -2.19. The number of carbonyl (C=O) groups excluding carboxylic acids is 1. The Hall–Kier alpha value is -1.63. The molecule has 0 bridgehead atoms. The van der Waals surface area contributed by atoms with E-state index in [9.17, 15) is 17.6 Å². The maximum Gasteiger partial charge on any atom is 0.310 e. The van der Waals surface area contributed by atoms with Crippen molar-refractivity contribution in [2.75, 3.05) is 11.8 Å². The van der Waals surface area contributed by atoms with Gasteiger partial charge in [0.05, 0.1) is 24.0 Å². The molecule has 0 amide bonds. The molecule has 1 aromatic carbocycles. The topological polar surface area (TPSA) is 72.5 Å². The van der Waals surface area contributed by atoms with E-state index in [4.69, 9.17) is 0 Å². The normalized spacial score (nSPS) is 22.0. The van der Waals surface area contributed by atoms with Crippen LogP contribution in [0.2, 0.25) is 0 Å². The Morgan fingerprint density at radius 2 is 2.10 bits per heavy atom. The number of anilines is 1. The van der Waals surface area contributed by atoms with Crippen LogP contribution in [0.3, 0.4) is 0 Å². The first-order chi connectivity index (χ1) is 9.85. The van der Waals surface area contributed by atoms with E-state index in [1.807, 2.05) is 0 Å². The van der Waals surface area contributed by atoms with Gasteiger partial charge in [-0.3, -0.25) is 9.52 Å². The number of rotatable bonds is 4. The standard InChI is InChI=1S/C14H18FNO4S/c1-9-6-7-11(15)12(8-9)16-21(18,19)13-5-3-4-10(13)14(17)20-2/h6-8,10,13,16H,3-5H2,1-2H3. The Balaban J connectivity index is 2.25. The van der Waals surface area contributed by atoms with E-state index in [0.717, 1.165) is 5.56 Å². The molecule has 1 aliphatic carbocycles. The summed E-state index contributed by atoms with van der Waals surface area (Å²) in [4.78, 5) is 11.7. The molecule has 21 heavy (non-hydrogen) atoms. The van der Waals surface area contributed by atoms with E-state index in [1.165, 1.54) is 19.2 Å². The highest BCUT2D eigenvalue weighted by Gasteiger charge is 2.42. The fraction of sp³-hybridized carbons (Fsp3) is 0.500. The first-order valence-electron chi connectivity index (χ1n) is 6.71. The number of benzene rings is 1. The Kier molecular flexibility index (Phi) is 4.51. The monoisotopic (exact) mass is 315 g/mol. The van der Waals surface area contributed by atoms with Gasteiger partial charge in [0.15, 0.2) is 0 Å². The summed E-state index contributed by atoms with van der Waals surface area (Å²) >= 11 is 0. The number of halogens is 1. The van der Waals surface area contributed by atoms with Crippen molar-refractivity contribution in [3.8, 4) is 0 Å². The number of methoxy groups -OCH3 is 1. The number of aryl methyl sites for hydroxylation is 1. The highest BCUT2D eigenvalue weighted by molar-refractivity contribution is 7.93. The van der Waals surface area contributed by atoms with Crippen molar-refractivity contribution in [1.29, 1.82) is 0 Å². The number of ether oxygens (including phenoxy) is 1. The zero-order valence-corrected chi connectivity index (χ0v) is 12.7. The number of nitrogens with one attached hydrogen (secondary N) is 1. The van der Waals surface area contributed by atoms with Gasteiger partial charge in [0.2, 0.25) is 10.0 Å². The molecule has 2 rings (SSSR count). The molecule has 1 fully saturated rings. The van der Waals surface area contributed by atoms with Gasteiger partial charge in [0.25, 0.3) is 0 Å². The Morgan fingerprint density at radius 1 is 1.38 bits per heavy atom. The molecule has 116 valence electrons. The fourth-order valence-electron chi connectivity index (χ4n) is 2.66. The van der Waals surface area contributed by atoms with Crippen molar-refractivity contribution in [1.82, 2.24) is 0 Å². The van der Waals surface area contributed by atoms with Gasteiger partial charge in [-0.05, 0) is 37.5 Å². The second-order valence-electron chi connectivity index (χ2n) is 5.23. The largest absolute Gasteiger partial charge is 0.469 e. The maximum atomic E-state index is 13.7. The average Bonchev–Trinajstić information content (AvgIpc) is 2.92. The molecule has 7 heteroatoms. The number of hydrogen-bond acceptors (Lipinski definition) is 4. The molecule has 0 aliphatic heterocycles. The van der Waals surface area contributed by atoms with Gasteiger partial charge in [-0.1, -0.05) is 12.5 Å². The number of carbonyl (C=O) groups is 1. The van der Waals surface area contributed by atoms with Crippen LogP contribution in [0.5, 0.6) is 0 Å². The van der Waals surface area contributed by atoms with E-state index in [-0.39, 0.29) is 5.69 Å². The van der Waals surface area contributed by atoms with Gasteiger partial charge < -0.3 is 4.74 Å². The van der Waals surface area contributed by atoms with Crippen LogP contribution < -0.4 is 4.72 Å². The summed E-state index contributed by atoms with van der Waals surface area (Å²) in [7, 11) is -2.61. The van der Waals surface area contributed by atoms with Crippen molar-refractivity contribution in [2.24, 2.45) is 5.92 Å².